The molecule has 0 saturated heterocycles. The molecule has 0 fully saturated rings. The second kappa shape index (κ2) is 6.80. The first-order chi connectivity index (χ1) is 11.6. The number of ether oxygens (including phenoxy) is 1. The number of carbonyl (C=O) groups excluding carboxylic acids is 1. The number of non-ortho nitro benzene ring substituents is 1. The van der Waals surface area contributed by atoms with Gasteiger partial charge in [0, 0.05) is 12.1 Å². The summed E-state index contributed by atoms with van der Waals surface area (Å²) in [6.07, 6.45) is 0. The van der Waals surface area contributed by atoms with E-state index >= 15 is 0 Å². The van der Waals surface area contributed by atoms with Crippen molar-refractivity contribution in [1.82, 2.24) is 0 Å². The number of anilines is 1. The molecule has 2 aromatic carbocycles. The van der Waals surface area contributed by atoms with Gasteiger partial charge in [0.25, 0.3) is 11.6 Å². The zero-order valence-electron chi connectivity index (χ0n) is 14.5. The van der Waals surface area contributed by atoms with Crippen molar-refractivity contribution in [2.45, 2.75) is 26.2 Å². The number of hydrogen-bond donors (Lipinski definition) is 2. The third-order valence-electron chi connectivity index (χ3n) is 3.75. The first-order valence-electron chi connectivity index (χ1n) is 7.60. The number of benzene rings is 2. The van der Waals surface area contributed by atoms with Crippen LogP contribution in [-0.4, -0.2) is 23.0 Å². The molecule has 0 bridgehead atoms. The standard InChI is InChI=1S/C18H20N2O5/c1-18(2,3)11-5-7-15(21)13(9-11)17(22)19-14-10-12(20(23)24)6-8-16(14)25-4/h5-10,21H,1-4H3,(H,19,22). The molecular weight excluding hydrogens is 324 g/mol. The predicted molar refractivity (Wildman–Crippen MR) is 94.4 cm³/mol. The Balaban J connectivity index is 2.40. The van der Waals surface area contributed by atoms with Crippen molar-refractivity contribution < 1.29 is 19.6 Å². The number of aromatic hydroxyl groups is 1. The zero-order chi connectivity index (χ0) is 18.8. The maximum atomic E-state index is 12.6. The van der Waals surface area contributed by atoms with E-state index in [4.69, 9.17) is 4.74 Å². The molecule has 25 heavy (non-hydrogen) atoms. The molecule has 7 nitrogen and oxygen atoms in total. The van der Waals surface area contributed by atoms with E-state index < -0.39 is 10.8 Å². The van der Waals surface area contributed by atoms with E-state index in [1.54, 1.807) is 12.1 Å². The third kappa shape index (κ3) is 4.06. The Hall–Kier alpha value is -3.09. The summed E-state index contributed by atoms with van der Waals surface area (Å²) in [6.45, 7) is 5.97. The first kappa shape index (κ1) is 18.3. The number of nitrogens with one attached hydrogen (secondary N) is 1. The molecule has 2 rings (SSSR count). The van der Waals surface area contributed by atoms with Crippen LogP contribution in [0.1, 0.15) is 36.7 Å². The molecule has 0 aliphatic heterocycles. The third-order valence-corrected chi connectivity index (χ3v) is 3.75. The van der Waals surface area contributed by atoms with Crippen LogP contribution in [0, 0.1) is 10.1 Å². The van der Waals surface area contributed by atoms with Crippen LogP contribution < -0.4 is 10.1 Å². The first-order valence-corrected chi connectivity index (χ1v) is 7.60. The summed E-state index contributed by atoms with van der Waals surface area (Å²) in [4.78, 5) is 22.9. The van der Waals surface area contributed by atoms with Crippen molar-refractivity contribution >= 4 is 17.3 Å². The lowest BCUT2D eigenvalue weighted by Crippen LogP contribution is -2.16. The molecule has 1 amide bonds. The maximum absolute atomic E-state index is 12.6. The monoisotopic (exact) mass is 344 g/mol. The Morgan fingerprint density at radius 3 is 2.44 bits per heavy atom. The second-order valence-corrected chi connectivity index (χ2v) is 6.58. The molecule has 0 radical (unpaired) electrons. The van der Waals surface area contributed by atoms with Gasteiger partial charge in [-0.05, 0) is 29.2 Å². The molecule has 0 saturated carbocycles. The van der Waals surface area contributed by atoms with Crippen LogP contribution in [0.15, 0.2) is 36.4 Å². The average molecular weight is 344 g/mol. The van der Waals surface area contributed by atoms with E-state index in [2.05, 4.69) is 5.32 Å². The molecule has 132 valence electrons. The van der Waals surface area contributed by atoms with E-state index in [0.717, 1.165) is 5.56 Å². The van der Waals surface area contributed by atoms with Gasteiger partial charge in [0.15, 0.2) is 0 Å². The Labute approximate surface area is 145 Å². The van der Waals surface area contributed by atoms with Crippen molar-refractivity contribution in [2.75, 3.05) is 12.4 Å². The minimum atomic E-state index is -0.581. The second-order valence-electron chi connectivity index (χ2n) is 6.58. The van der Waals surface area contributed by atoms with Crippen LogP contribution in [0.3, 0.4) is 0 Å². The smallest absolute Gasteiger partial charge is 0.271 e. The summed E-state index contributed by atoms with van der Waals surface area (Å²) in [7, 11) is 1.40. The summed E-state index contributed by atoms with van der Waals surface area (Å²) in [5, 5.41) is 23.5. The maximum Gasteiger partial charge on any atom is 0.271 e. The van der Waals surface area contributed by atoms with Crippen molar-refractivity contribution in [2.24, 2.45) is 0 Å². The topological polar surface area (TPSA) is 102 Å². The van der Waals surface area contributed by atoms with Crippen LogP contribution in [-0.2, 0) is 5.41 Å². The lowest BCUT2D eigenvalue weighted by molar-refractivity contribution is -0.384. The van der Waals surface area contributed by atoms with Gasteiger partial charge in [-0.25, -0.2) is 0 Å². The number of nitro groups is 1. The van der Waals surface area contributed by atoms with Gasteiger partial charge >= 0.3 is 0 Å². The fraction of sp³-hybridized carbons (Fsp3) is 0.278. The molecule has 0 atom stereocenters. The van der Waals surface area contributed by atoms with E-state index in [1.165, 1.54) is 31.4 Å². The highest BCUT2D eigenvalue weighted by Gasteiger charge is 2.20. The van der Waals surface area contributed by atoms with E-state index in [0.29, 0.717) is 0 Å². The fourth-order valence-electron chi connectivity index (χ4n) is 2.28. The van der Waals surface area contributed by atoms with Crippen molar-refractivity contribution in [3.05, 3.63) is 57.6 Å². The van der Waals surface area contributed by atoms with Gasteiger partial charge in [0.05, 0.1) is 23.3 Å². The van der Waals surface area contributed by atoms with Gasteiger partial charge < -0.3 is 15.2 Å². The molecule has 2 aromatic rings. The minimum Gasteiger partial charge on any atom is -0.507 e. The van der Waals surface area contributed by atoms with Crippen LogP contribution in [0.4, 0.5) is 11.4 Å². The SMILES string of the molecule is COc1ccc([N+](=O)[O-])cc1NC(=O)c1cc(C(C)(C)C)ccc1O. The highest BCUT2D eigenvalue weighted by Crippen LogP contribution is 2.31. The quantitative estimate of drug-likeness (QED) is 0.648. The number of nitro benzene ring substituents is 1. The van der Waals surface area contributed by atoms with E-state index in [-0.39, 0.29) is 33.9 Å². The molecule has 7 heteroatoms. The van der Waals surface area contributed by atoms with Crippen molar-refractivity contribution in [3.63, 3.8) is 0 Å². The molecule has 0 aliphatic rings. The Bertz CT molecular complexity index is 825. The average Bonchev–Trinajstić information content (AvgIpc) is 2.53. The van der Waals surface area contributed by atoms with Crippen molar-refractivity contribution in [1.29, 1.82) is 0 Å². The molecular formula is C18H20N2O5. The summed E-state index contributed by atoms with van der Waals surface area (Å²) < 4.78 is 5.13. The Kier molecular flexibility index (Phi) is 4.97. The van der Waals surface area contributed by atoms with Crippen molar-refractivity contribution in [3.8, 4) is 11.5 Å². The van der Waals surface area contributed by atoms with E-state index in [9.17, 15) is 20.0 Å². The number of phenols is 1. The highest BCUT2D eigenvalue weighted by atomic mass is 16.6. The zero-order valence-corrected chi connectivity index (χ0v) is 14.5. The summed E-state index contributed by atoms with van der Waals surface area (Å²) in [5.74, 6) is -0.470. The normalized spacial score (nSPS) is 11.0. The van der Waals surface area contributed by atoms with Crippen LogP contribution in [0.25, 0.3) is 0 Å². The number of amides is 1. The Morgan fingerprint density at radius 2 is 1.88 bits per heavy atom. The number of hydrogen-bond acceptors (Lipinski definition) is 5. The predicted octanol–water partition coefficient (Wildman–Crippen LogP) is 3.86. The van der Waals surface area contributed by atoms with Crippen LogP contribution >= 0.6 is 0 Å². The number of nitrogens with zero attached hydrogens (tertiary/aromatic N) is 1. The van der Waals surface area contributed by atoms with Crippen LogP contribution in [0.2, 0.25) is 0 Å². The number of carbonyl (C=O) groups is 1. The summed E-state index contributed by atoms with van der Waals surface area (Å²) in [5.41, 5.74) is 0.736. The molecule has 0 aromatic heterocycles. The number of phenolic OH excluding ortho intramolecular Hbond substituents is 1. The lowest BCUT2D eigenvalue weighted by atomic mass is 9.86. The van der Waals surface area contributed by atoms with E-state index in [1.807, 2.05) is 20.8 Å². The molecule has 0 spiro atoms. The largest absolute Gasteiger partial charge is 0.507 e. The Morgan fingerprint density at radius 1 is 1.20 bits per heavy atom. The number of methoxy groups -OCH3 is 1. The molecule has 0 heterocycles. The van der Waals surface area contributed by atoms with Gasteiger partial charge in [-0.2, -0.15) is 0 Å². The molecule has 2 N–H and O–H groups in total. The summed E-state index contributed by atoms with van der Waals surface area (Å²) >= 11 is 0. The van der Waals surface area contributed by atoms with Gasteiger partial charge in [-0.15, -0.1) is 0 Å². The lowest BCUT2D eigenvalue weighted by Gasteiger charge is -2.20. The highest BCUT2D eigenvalue weighted by molar-refractivity contribution is 6.07. The molecule has 0 unspecified atom stereocenters. The summed E-state index contributed by atoms with van der Waals surface area (Å²) in [6, 6.07) is 8.71. The fourth-order valence-corrected chi connectivity index (χ4v) is 2.28. The van der Waals surface area contributed by atoms with Crippen LogP contribution in [0.5, 0.6) is 11.5 Å². The number of rotatable bonds is 4. The minimum absolute atomic E-state index is 0.0842. The van der Waals surface area contributed by atoms with Gasteiger partial charge in [-0.3, -0.25) is 14.9 Å². The van der Waals surface area contributed by atoms with Gasteiger partial charge in [0.1, 0.15) is 11.5 Å². The van der Waals surface area contributed by atoms with Gasteiger partial charge in [0.2, 0.25) is 0 Å². The van der Waals surface area contributed by atoms with Gasteiger partial charge in [-0.1, -0.05) is 26.8 Å². The molecule has 0 aliphatic carbocycles.